The summed E-state index contributed by atoms with van der Waals surface area (Å²) in [6.07, 6.45) is -3.13. The molecule has 1 atom stereocenters. The first-order chi connectivity index (χ1) is 11.9. The number of aliphatic imine (C=N–C) groups is 1. The molecule has 1 heterocycles. The third-order valence-corrected chi connectivity index (χ3v) is 4.11. The number of methoxy groups -OCH3 is 1. The minimum atomic E-state index is -4.17. The molecule has 1 aromatic carbocycles. The number of rotatable bonds is 5. The van der Waals surface area contributed by atoms with Gasteiger partial charge in [0.1, 0.15) is 5.75 Å². The number of alkyl halides is 3. The van der Waals surface area contributed by atoms with E-state index in [2.05, 4.69) is 20.5 Å². The number of halogens is 4. The van der Waals surface area contributed by atoms with E-state index in [0.29, 0.717) is 5.96 Å². The number of ether oxygens (including phenoxy) is 1. The van der Waals surface area contributed by atoms with Gasteiger partial charge in [-0.05, 0) is 25.0 Å². The Labute approximate surface area is 169 Å². The molecule has 0 aliphatic carbocycles. The van der Waals surface area contributed by atoms with Crippen molar-refractivity contribution in [1.29, 1.82) is 0 Å². The molecule has 26 heavy (non-hydrogen) atoms. The van der Waals surface area contributed by atoms with Gasteiger partial charge in [-0.3, -0.25) is 4.99 Å². The Hall–Kier alpha value is -1.39. The van der Waals surface area contributed by atoms with Gasteiger partial charge in [0.05, 0.1) is 19.2 Å². The standard InChI is InChI=1S/C17H25F3N4O.HI/c1-21-16(22-10-9-17(18,19)20)23-13-6-5-11-24(12-13)14-7-3-4-8-15(14)25-2;/h3-4,7-8,13H,5-6,9-12H2,1-2H3,(H2,21,22,23);1H. The third-order valence-electron chi connectivity index (χ3n) is 4.11. The topological polar surface area (TPSA) is 48.9 Å². The number of anilines is 1. The van der Waals surface area contributed by atoms with E-state index in [-0.39, 0.29) is 36.6 Å². The van der Waals surface area contributed by atoms with E-state index in [1.54, 1.807) is 14.2 Å². The number of benzene rings is 1. The van der Waals surface area contributed by atoms with Crippen LogP contribution in [0.1, 0.15) is 19.3 Å². The second-order valence-electron chi connectivity index (χ2n) is 5.97. The Morgan fingerprint density at radius 2 is 2.08 bits per heavy atom. The van der Waals surface area contributed by atoms with Gasteiger partial charge in [0.25, 0.3) is 0 Å². The van der Waals surface area contributed by atoms with Crippen molar-refractivity contribution in [2.45, 2.75) is 31.5 Å². The predicted molar refractivity (Wildman–Crippen MR) is 109 cm³/mol. The first kappa shape index (κ1) is 22.7. The van der Waals surface area contributed by atoms with E-state index < -0.39 is 12.6 Å². The van der Waals surface area contributed by atoms with E-state index in [1.165, 1.54) is 0 Å². The summed E-state index contributed by atoms with van der Waals surface area (Å²) in [5.74, 6) is 1.21. The zero-order valence-corrected chi connectivity index (χ0v) is 17.3. The molecule has 1 aromatic rings. The average molecular weight is 486 g/mol. The molecule has 148 valence electrons. The largest absolute Gasteiger partial charge is 0.495 e. The zero-order chi connectivity index (χ0) is 18.3. The maximum Gasteiger partial charge on any atom is 0.390 e. The molecule has 2 N–H and O–H groups in total. The summed E-state index contributed by atoms with van der Waals surface area (Å²) in [6.45, 7) is 1.46. The Bertz CT molecular complexity index is 583. The van der Waals surface area contributed by atoms with Gasteiger partial charge < -0.3 is 20.3 Å². The second-order valence-corrected chi connectivity index (χ2v) is 5.97. The summed E-state index contributed by atoms with van der Waals surface area (Å²) in [7, 11) is 3.20. The van der Waals surface area contributed by atoms with Crippen LogP contribution in [0.3, 0.4) is 0 Å². The SMILES string of the molecule is CN=C(NCCC(F)(F)F)NC1CCCN(c2ccccc2OC)C1.I. The molecule has 1 aliphatic rings. The quantitative estimate of drug-likeness (QED) is 0.381. The summed E-state index contributed by atoms with van der Waals surface area (Å²) in [6, 6.07) is 7.93. The van der Waals surface area contributed by atoms with Crippen LogP contribution < -0.4 is 20.3 Å². The number of para-hydroxylation sites is 2. The van der Waals surface area contributed by atoms with Crippen molar-refractivity contribution in [3.8, 4) is 5.75 Å². The van der Waals surface area contributed by atoms with Gasteiger partial charge in [0.2, 0.25) is 0 Å². The van der Waals surface area contributed by atoms with E-state index in [4.69, 9.17) is 4.74 Å². The molecule has 0 aromatic heterocycles. The number of hydrogen-bond donors (Lipinski definition) is 2. The zero-order valence-electron chi connectivity index (χ0n) is 15.0. The molecule has 0 bridgehead atoms. The molecule has 1 unspecified atom stereocenters. The van der Waals surface area contributed by atoms with Crippen LogP contribution >= 0.6 is 24.0 Å². The van der Waals surface area contributed by atoms with Gasteiger partial charge in [-0.15, -0.1) is 24.0 Å². The van der Waals surface area contributed by atoms with Crippen LogP contribution in [0.25, 0.3) is 0 Å². The van der Waals surface area contributed by atoms with Crippen LogP contribution in [0.15, 0.2) is 29.3 Å². The lowest BCUT2D eigenvalue weighted by molar-refractivity contribution is -0.132. The first-order valence-corrected chi connectivity index (χ1v) is 8.35. The number of guanidine groups is 1. The van der Waals surface area contributed by atoms with Crippen LogP contribution in [0.5, 0.6) is 5.75 Å². The average Bonchev–Trinajstić information content (AvgIpc) is 2.60. The predicted octanol–water partition coefficient (Wildman–Crippen LogP) is 3.40. The molecule has 1 aliphatic heterocycles. The summed E-state index contributed by atoms with van der Waals surface area (Å²) in [5, 5.41) is 5.94. The highest BCUT2D eigenvalue weighted by atomic mass is 127. The Morgan fingerprint density at radius 1 is 1.35 bits per heavy atom. The molecule has 0 saturated carbocycles. The Morgan fingerprint density at radius 3 is 2.73 bits per heavy atom. The lowest BCUT2D eigenvalue weighted by Crippen LogP contribution is -2.51. The minimum absolute atomic E-state index is 0. The van der Waals surface area contributed by atoms with Crippen LogP contribution in [0.4, 0.5) is 18.9 Å². The number of nitrogens with zero attached hydrogens (tertiary/aromatic N) is 2. The molecule has 0 radical (unpaired) electrons. The van der Waals surface area contributed by atoms with Crippen molar-refractivity contribution >= 4 is 35.6 Å². The molecular formula is C17H26F3IN4O. The maximum atomic E-state index is 12.3. The smallest absolute Gasteiger partial charge is 0.390 e. The van der Waals surface area contributed by atoms with Crippen molar-refractivity contribution < 1.29 is 17.9 Å². The monoisotopic (exact) mass is 486 g/mol. The van der Waals surface area contributed by atoms with Gasteiger partial charge in [0, 0.05) is 32.7 Å². The maximum absolute atomic E-state index is 12.3. The molecule has 0 amide bonds. The van der Waals surface area contributed by atoms with Gasteiger partial charge in [0.15, 0.2) is 5.96 Å². The molecule has 1 fully saturated rings. The minimum Gasteiger partial charge on any atom is -0.495 e. The number of piperidine rings is 1. The van der Waals surface area contributed by atoms with E-state index >= 15 is 0 Å². The fourth-order valence-electron chi connectivity index (χ4n) is 2.92. The summed E-state index contributed by atoms with van der Waals surface area (Å²) >= 11 is 0. The molecule has 9 heteroatoms. The lowest BCUT2D eigenvalue weighted by atomic mass is 10.0. The van der Waals surface area contributed by atoms with Crippen molar-refractivity contribution in [3.05, 3.63) is 24.3 Å². The Balaban J connectivity index is 0.00000338. The highest BCUT2D eigenvalue weighted by molar-refractivity contribution is 14.0. The van der Waals surface area contributed by atoms with Crippen molar-refractivity contribution in [3.63, 3.8) is 0 Å². The first-order valence-electron chi connectivity index (χ1n) is 8.35. The van der Waals surface area contributed by atoms with Crippen LogP contribution in [-0.2, 0) is 0 Å². The number of nitrogens with one attached hydrogen (secondary N) is 2. The molecule has 0 spiro atoms. The highest BCUT2D eigenvalue weighted by Gasteiger charge is 2.27. The molecule has 5 nitrogen and oxygen atoms in total. The summed E-state index contributed by atoms with van der Waals surface area (Å²) in [5.41, 5.74) is 1.02. The van der Waals surface area contributed by atoms with Gasteiger partial charge in [-0.25, -0.2) is 0 Å². The van der Waals surface area contributed by atoms with Crippen LogP contribution in [-0.4, -0.2) is 52.0 Å². The van der Waals surface area contributed by atoms with Crippen molar-refractivity contribution in [2.75, 3.05) is 38.7 Å². The fraction of sp³-hybridized carbons (Fsp3) is 0.588. The highest BCUT2D eigenvalue weighted by Crippen LogP contribution is 2.29. The van der Waals surface area contributed by atoms with E-state index in [0.717, 1.165) is 37.4 Å². The lowest BCUT2D eigenvalue weighted by Gasteiger charge is -2.36. The van der Waals surface area contributed by atoms with Crippen LogP contribution in [0, 0.1) is 0 Å². The van der Waals surface area contributed by atoms with Crippen LogP contribution in [0.2, 0.25) is 0 Å². The molecule has 2 rings (SSSR count). The normalized spacial score (nSPS) is 18.1. The molecule has 1 saturated heterocycles. The van der Waals surface area contributed by atoms with Gasteiger partial charge in [-0.2, -0.15) is 13.2 Å². The summed E-state index contributed by atoms with van der Waals surface area (Å²) < 4.78 is 42.2. The van der Waals surface area contributed by atoms with E-state index in [9.17, 15) is 13.2 Å². The van der Waals surface area contributed by atoms with Crippen molar-refractivity contribution in [2.24, 2.45) is 4.99 Å². The third kappa shape index (κ3) is 7.08. The summed E-state index contributed by atoms with van der Waals surface area (Å²) in [4.78, 5) is 6.24. The van der Waals surface area contributed by atoms with Gasteiger partial charge in [-0.1, -0.05) is 12.1 Å². The fourth-order valence-corrected chi connectivity index (χ4v) is 2.92. The molecular weight excluding hydrogens is 460 g/mol. The van der Waals surface area contributed by atoms with Gasteiger partial charge >= 0.3 is 6.18 Å². The van der Waals surface area contributed by atoms with E-state index in [1.807, 2.05) is 24.3 Å². The Kier molecular flexibility index (Phi) is 9.31. The van der Waals surface area contributed by atoms with Crippen molar-refractivity contribution in [1.82, 2.24) is 10.6 Å². The number of hydrogen-bond acceptors (Lipinski definition) is 3. The second kappa shape index (κ2) is 10.7.